The summed E-state index contributed by atoms with van der Waals surface area (Å²) in [5.74, 6) is 0.0274. The summed E-state index contributed by atoms with van der Waals surface area (Å²) in [6, 6.07) is 11.7. The van der Waals surface area contributed by atoms with Gasteiger partial charge in [-0.25, -0.2) is 0 Å². The second kappa shape index (κ2) is 5.24. The topological polar surface area (TPSA) is 43.1 Å². The molecule has 1 aromatic heterocycles. The molecule has 1 unspecified atom stereocenters. The first-order valence-electron chi connectivity index (χ1n) is 7.11. The highest BCUT2D eigenvalue weighted by molar-refractivity contribution is 7.10. The fourth-order valence-corrected chi connectivity index (χ4v) is 4.57. The van der Waals surface area contributed by atoms with E-state index in [1.54, 1.807) is 18.3 Å². The minimum atomic E-state index is -0.951. The van der Waals surface area contributed by atoms with Crippen LogP contribution in [0.25, 0.3) is 0 Å². The van der Waals surface area contributed by atoms with Crippen LogP contribution in [-0.2, 0) is 15.7 Å². The van der Waals surface area contributed by atoms with E-state index in [0.717, 1.165) is 29.7 Å². The Balaban J connectivity index is 2.16. The third kappa shape index (κ3) is 2.07. The predicted octanol–water partition coefficient (Wildman–Crippen LogP) is 4.27. The molecule has 1 aliphatic rings. The Labute approximate surface area is 133 Å². The van der Waals surface area contributed by atoms with Crippen LogP contribution in [0.15, 0.2) is 41.8 Å². The van der Waals surface area contributed by atoms with Crippen LogP contribution in [0.3, 0.4) is 0 Å². The molecule has 0 saturated heterocycles. The molecule has 1 aromatic carbocycles. The molecular weight excluding hydrogens is 302 g/mol. The lowest BCUT2D eigenvalue weighted by Gasteiger charge is -2.53. The van der Waals surface area contributed by atoms with Crippen LogP contribution in [0.1, 0.15) is 36.6 Å². The van der Waals surface area contributed by atoms with Crippen molar-refractivity contribution in [2.75, 3.05) is 0 Å². The lowest BCUT2D eigenvalue weighted by molar-refractivity contribution is -0.127. The highest BCUT2D eigenvalue weighted by Gasteiger charge is 2.57. The molecule has 21 heavy (non-hydrogen) atoms. The molecule has 0 aliphatic heterocycles. The molecule has 2 nitrogen and oxygen atoms in total. The molecule has 0 radical (unpaired) electrons. The van der Waals surface area contributed by atoms with Crippen LogP contribution in [0.4, 0.5) is 0 Å². The fraction of sp³-hybridized carbons (Fsp3) is 0.353. The summed E-state index contributed by atoms with van der Waals surface area (Å²) in [5.41, 5.74) is 6.60. The fourth-order valence-electron chi connectivity index (χ4n) is 3.46. The van der Waals surface area contributed by atoms with Gasteiger partial charge in [0.25, 0.3) is 0 Å². The number of carbonyl (C=O) groups excluding carboxylic acids is 1. The monoisotopic (exact) mass is 319 g/mol. The van der Waals surface area contributed by atoms with E-state index in [-0.39, 0.29) is 11.2 Å². The quantitative estimate of drug-likeness (QED) is 0.914. The minimum Gasteiger partial charge on any atom is -0.314 e. The number of benzene rings is 1. The Kier molecular flexibility index (Phi) is 3.68. The van der Waals surface area contributed by atoms with Gasteiger partial charge in [0.1, 0.15) is 5.54 Å². The van der Waals surface area contributed by atoms with E-state index in [9.17, 15) is 4.79 Å². The highest BCUT2D eigenvalue weighted by atomic mass is 35.5. The lowest BCUT2D eigenvalue weighted by atomic mass is 9.52. The van der Waals surface area contributed by atoms with Gasteiger partial charge in [0.2, 0.25) is 0 Å². The Morgan fingerprint density at radius 3 is 2.38 bits per heavy atom. The van der Waals surface area contributed by atoms with Gasteiger partial charge in [-0.05, 0) is 48.9 Å². The molecule has 1 aliphatic carbocycles. The molecule has 4 heteroatoms. The van der Waals surface area contributed by atoms with Crippen LogP contribution in [0.2, 0.25) is 5.02 Å². The molecule has 3 rings (SSSR count). The van der Waals surface area contributed by atoms with E-state index >= 15 is 0 Å². The molecule has 110 valence electrons. The van der Waals surface area contributed by atoms with Crippen molar-refractivity contribution in [2.45, 2.75) is 37.1 Å². The van der Waals surface area contributed by atoms with E-state index in [1.807, 2.05) is 41.8 Å². The zero-order valence-electron chi connectivity index (χ0n) is 11.9. The van der Waals surface area contributed by atoms with Crippen molar-refractivity contribution >= 4 is 28.7 Å². The summed E-state index contributed by atoms with van der Waals surface area (Å²) in [6.07, 6.45) is 2.96. The van der Waals surface area contributed by atoms with E-state index in [2.05, 4.69) is 0 Å². The number of Topliss-reactive ketones (excluding diaryl/α,β-unsaturated/α-hetero) is 1. The van der Waals surface area contributed by atoms with Gasteiger partial charge in [-0.3, -0.25) is 4.79 Å². The van der Waals surface area contributed by atoms with E-state index in [1.165, 1.54) is 0 Å². The first-order valence-corrected chi connectivity index (χ1v) is 8.36. The van der Waals surface area contributed by atoms with Crippen LogP contribution >= 0.6 is 22.9 Å². The maximum absolute atomic E-state index is 12.5. The first kappa shape index (κ1) is 14.8. The van der Waals surface area contributed by atoms with Gasteiger partial charge in [0.15, 0.2) is 5.78 Å². The SMILES string of the molecule is CC(=O)C(N)(c1cccs1)C1(c2ccc(Cl)cc2)CCC1. The summed E-state index contributed by atoms with van der Waals surface area (Å²) < 4.78 is 0. The average Bonchev–Trinajstić information content (AvgIpc) is 2.93. The number of ketones is 1. The number of hydrogen-bond acceptors (Lipinski definition) is 3. The predicted molar refractivity (Wildman–Crippen MR) is 87.8 cm³/mol. The van der Waals surface area contributed by atoms with Crippen LogP contribution < -0.4 is 5.73 Å². The molecule has 2 N–H and O–H groups in total. The zero-order chi connectivity index (χ0) is 15.1. The molecular formula is C17H18ClNOS. The van der Waals surface area contributed by atoms with Crippen molar-refractivity contribution in [1.29, 1.82) is 0 Å². The van der Waals surface area contributed by atoms with Crippen molar-refractivity contribution in [2.24, 2.45) is 5.73 Å². The molecule has 2 aromatic rings. The molecule has 1 saturated carbocycles. The summed E-state index contributed by atoms with van der Waals surface area (Å²) in [5, 5.41) is 2.68. The van der Waals surface area contributed by atoms with E-state index in [4.69, 9.17) is 17.3 Å². The molecule has 1 heterocycles. The Morgan fingerprint density at radius 2 is 1.95 bits per heavy atom. The summed E-state index contributed by atoms with van der Waals surface area (Å²) >= 11 is 7.56. The number of carbonyl (C=O) groups is 1. The molecule has 0 amide bonds. The van der Waals surface area contributed by atoms with Gasteiger partial charge < -0.3 is 5.73 Å². The number of hydrogen-bond donors (Lipinski definition) is 1. The lowest BCUT2D eigenvalue weighted by Crippen LogP contribution is -2.62. The second-order valence-corrected chi connectivity index (χ2v) is 7.17. The number of rotatable bonds is 4. The van der Waals surface area contributed by atoms with Gasteiger partial charge in [0.05, 0.1) is 0 Å². The third-order valence-electron chi connectivity index (χ3n) is 4.82. The maximum Gasteiger partial charge on any atom is 0.155 e. The van der Waals surface area contributed by atoms with Gasteiger partial charge in [0, 0.05) is 15.3 Å². The normalized spacial score (nSPS) is 19.6. The van der Waals surface area contributed by atoms with Crippen molar-refractivity contribution in [3.8, 4) is 0 Å². The van der Waals surface area contributed by atoms with Crippen LogP contribution in [0, 0.1) is 0 Å². The zero-order valence-corrected chi connectivity index (χ0v) is 13.5. The van der Waals surface area contributed by atoms with E-state index < -0.39 is 5.54 Å². The van der Waals surface area contributed by atoms with Gasteiger partial charge in [-0.2, -0.15) is 0 Å². The number of halogens is 1. The summed E-state index contributed by atoms with van der Waals surface area (Å²) in [4.78, 5) is 13.4. The Hall–Kier alpha value is -1.16. The van der Waals surface area contributed by atoms with Gasteiger partial charge in [-0.15, -0.1) is 11.3 Å². The van der Waals surface area contributed by atoms with Crippen molar-refractivity contribution < 1.29 is 4.79 Å². The van der Waals surface area contributed by atoms with Gasteiger partial charge >= 0.3 is 0 Å². The minimum absolute atomic E-state index is 0.0274. The van der Waals surface area contributed by atoms with Crippen molar-refractivity contribution in [3.05, 3.63) is 57.2 Å². The highest BCUT2D eigenvalue weighted by Crippen LogP contribution is 2.55. The number of nitrogens with two attached hydrogens (primary N) is 1. The third-order valence-corrected chi connectivity index (χ3v) is 6.08. The van der Waals surface area contributed by atoms with E-state index in [0.29, 0.717) is 5.02 Å². The summed E-state index contributed by atoms with van der Waals surface area (Å²) in [6.45, 7) is 1.61. The smallest absolute Gasteiger partial charge is 0.155 e. The molecule has 1 atom stereocenters. The first-order chi connectivity index (χ1) is 10.0. The maximum atomic E-state index is 12.5. The largest absolute Gasteiger partial charge is 0.314 e. The van der Waals surface area contributed by atoms with Crippen molar-refractivity contribution in [3.63, 3.8) is 0 Å². The Morgan fingerprint density at radius 1 is 1.29 bits per heavy atom. The molecule has 1 fully saturated rings. The second-order valence-electron chi connectivity index (χ2n) is 5.78. The molecule has 0 spiro atoms. The van der Waals surface area contributed by atoms with Crippen LogP contribution in [0.5, 0.6) is 0 Å². The summed E-state index contributed by atoms with van der Waals surface area (Å²) in [7, 11) is 0. The molecule has 0 bridgehead atoms. The average molecular weight is 320 g/mol. The number of thiophene rings is 1. The van der Waals surface area contributed by atoms with Crippen molar-refractivity contribution in [1.82, 2.24) is 0 Å². The standard InChI is InChI=1S/C17H18ClNOS/c1-12(20)17(19,15-4-2-11-21-15)16(9-3-10-16)13-5-7-14(18)8-6-13/h2,4-8,11H,3,9-10,19H2,1H3. The Bertz CT molecular complexity index is 646. The van der Waals surface area contributed by atoms with Gasteiger partial charge in [-0.1, -0.05) is 36.2 Å². The van der Waals surface area contributed by atoms with Crippen LogP contribution in [-0.4, -0.2) is 5.78 Å².